The highest BCUT2D eigenvalue weighted by molar-refractivity contribution is 7.82. The molecule has 0 aromatic heterocycles. The number of benzene rings is 2. The maximum atomic E-state index is 13.3. The normalized spacial score (nSPS) is 21.8. The van der Waals surface area contributed by atoms with E-state index in [0.717, 1.165) is 27.7 Å². The average Bonchev–Trinajstić information content (AvgIpc) is 2.98. The van der Waals surface area contributed by atoms with Crippen molar-refractivity contribution >= 4 is 40.2 Å². The summed E-state index contributed by atoms with van der Waals surface area (Å²) < 4.78 is 70.4. The second-order valence-corrected chi connectivity index (χ2v) is 11.7. The second kappa shape index (κ2) is 16.9. The molecule has 262 valence electrons. The molecule has 0 aliphatic carbocycles. The molecule has 7 atom stereocenters. The number of para-hydroxylation sites is 2. The van der Waals surface area contributed by atoms with Gasteiger partial charge in [0.05, 0.1) is 6.04 Å². The smallest absolute Gasteiger partial charge is 0.449 e. The lowest BCUT2D eigenvalue weighted by molar-refractivity contribution is -0.288. The number of carbonyl (C=O) groups is 5. The molecule has 1 N–H and O–H groups in total. The van der Waals surface area contributed by atoms with Crippen LogP contribution in [0.4, 0.5) is 0 Å². The van der Waals surface area contributed by atoms with Crippen LogP contribution in [0.5, 0.6) is 11.5 Å². The quantitative estimate of drug-likeness (QED) is 0.222. The second-order valence-electron chi connectivity index (χ2n) is 10.5. The van der Waals surface area contributed by atoms with Crippen molar-refractivity contribution in [2.24, 2.45) is 0 Å². The zero-order valence-electron chi connectivity index (χ0n) is 27.0. The maximum Gasteiger partial charge on any atom is 0.449 e. The van der Waals surface area contributed by atoms with Gasteiger partial charge in [-0.15, -0.1) is 0 Å². The first kappa shape index (κ1) is 37.7. The molecule has 1 fully saturated rings. The molecule has 0 bridgehead atoms. The van der Waals surface area contributed by atoms with Crippen LogP contribution >= 0.6 is 0 Å². The fourth-order valence-electron chi connectivity index (χ4n) is 4.75. The van der Waals surface area contributed by atoms with E-state index in [1.54, 1.807) is 37.3 Å². The molecule has 0 spiro atoms. The molecule has 1 aliphatic rings. The van der Waals surface area contributed by atoms with Crippen LogP contribution in [0.1, 0.15) is 53.2 Å². The summed E-state index contributed by atoms with van der Waals surface area (Å²) in [6.45, 7) is 6.63. The van der Waals surface area contributed by atoms with E-state index < -0.39 is 95.4 Å². The lowest BCUT2D eigenvalue weighted by Gasteiger charge is -2.43. The molecule has 1 saturated heterocycles. The SMILES string of the molecule is CC(=O)N[C@@H](C)[C@H](OS(=O)(=O)Oc1ccccc1OC1O[C@H](COC(C)=O)[C@H](OC(C)=O)[C@H](OC(C)=O)[C@H]1OC(C)=O)c1ccccc1. The minimum absolute atomic E-state index is 0.267. The van der Waals surface area contributed by atoms with Crippen LogP contribution in [0.15, 0.2) is 54.6 Å². The summed E-state index contributed by atoms with van der Waals surface area (Å²) >= 11 is 0. The molecule has 2 aromatic carbocycles. The topological polar surface area (TPSA) is 205 Å². The largest absolute Gasteiger partial charge is 0.463 e. The van der Waals surface area contributed by atoms with E-state index in [4.69, 9.17) is 36.8 Å². The molecule has 0 saturated carbocycles. The van der Waals surface area contributed by atoms with Crippen LogP contribution in [0.3, 0.4) is 0 Å². The van der Waals surface area contributed by atoms with E-state index in [1.165, 1.54) is 31.2 Å². The Kier molecular flexibility index (Phi) is 13.3. The van der Waals surface area contributed by atoms with Crippen molar-refractivity contribution in [2.45, 2.75) is 84.4 Å². The van der Waals surface area contributed by atoms with Gasteiger partial charge >= 0.3 is 34.3 Å². The first-order valence-corrected chi connectivity index (χ1v) is 15.9. The van der Waals surface area contributed by atoms with Crippen LogP contribution in [0, 0.1) is 0 Å². The number of amides is 1. The van der Waals surface area contributed by atoms with Crippen LogP contribution in [0.25, 0.3) is 0 Å². The molecule has 16 nitrogen and oxygen atoms in total. The summed E-state index contributed by atoms with van der Waals surface area (Å²) in [5.74, 6) is -4.34. The fraction of sp³-hybridized carbons (Fsp3) is 0.452. The Balaban J connectivity index is 1.98. The Morgan fingerprint density at radius 1 is 0.750 bits per heavy atom. The van der Waals surface area contributed by atoms with Gasteiger partial charge in [0.25, 0.3) is 0 Å². The standard InChI is InChI=1S/C31H37NO15S/c1-17(32-18(2)33)27(23-12-8-7-9-13-23)47-48(38,39)46-25-15-11-10-14-24(25)44-31-30(43-22(6)37)29(42-21(5)36)28(41-20(4)35)26(45-31)16-40-19(3)34/h7-15,17,26-31H,16H2,1-6H3,(H,32,33)/t17-,26+,27-,28-,29-,30+,31?/m0/s1. The number of carbonyl (C=O) groups excluding carboxylic acids is 5. The summed E-state index contributed by atoms with van der Waals surface area (Å²) in [5, 5.41) is 2.60. The highest BCUT2D eigenvalue weighted by Crippen LogP contribution is 2.35. The first-order valence-electron chi connectivity index (χ1n) is 14.6. The molecule has 1 unspecified atom stereocenters. The van der Waals surface area contributed by atoms with Crippen LogP contribution in [0.2, 0.25) is 0 Å². The zero-order chi connectivity index (χ0) is 35.6. The Bertz CT molecular complexity index is 1560. The fourth-order valence-corrected chi connectivity index (χ4v) is 5.68. The molecule has 48 heavy (non-hydrogen) atoms. The number of nitrogens with one attached hydrogen (secondary N) is 1. The van der Waals surface area contributed by atoms with Gasteiger partial charge in [0.1, 0.15) is 18.8 Å². The third-order valence-corrected chi connectivity index (χ3v) is 7.29. The van der Waals surface area contributed by atoms with Gasteiger partial charge < -0.3 is 37.9 Å². The van der Waals surface area contributed by atoms with Crippen LogP contribution < -0.4 is 14.2 Å². The van der Waals surface area contributed by atoms with E-state index in [1.807, 2.05) is 0 Å². The highest BCUT2D eigenvalue weighted by Gasteiger charge is 2.53. The van der Waals surface area contributed by atoms with Crippen molar-refractivity contribution in [3.8, 4) is 11.5 Å². The number of hydrogen-bond donors (Lipinski definition) is 1. The number of esters is 4. The van der Waals surface area contributed by atoms with E-state index in [0.29, 0.717) is 5.56 Å². The van der Waals surface area contributed by atoms with Gasteiger partial charge in [-0.2, -0.15) is 8.42 Å². The van der Waals surface area contributed by atoms with E-state index in [2.05, 4.69) is 5.32 Å². The molecule has 17 heteroatoms. The molecular weight excluding hydrogens is 658 g/mol. The highest BCUT2D eigenvalue weighted by atomic mass is 32.3. The molecule has 1 aliphatic heterocycles. The van der Waals surface area contributed by atoms with Gasteiger partial charge in [0, 0.05) is 34.6 Å². The summed E-state index contributed by atoms with van der Waals surface area (Å²) in [5.41, 5.74) is 0.424. The van der Waals surface area contributed by atoms with E-state index in [-0.39, 0.29) is 5.75 Å². The minimum Gasteiger partial charge on any atom is -0.463 e. The monoisotopic (exact) mass is 695 g/mol. The van der Waals surface area contributed by atoms with Crippen molar-refractivity contribution in [1.82, 2.24) is 5.32 Å². The summed E-state index contributed by atoms with van der Waals surface area (Å²) in [7, 11) is -4.88. The Morgan fingerprint density at radius 2 is 1.29 bits per heavy atom. The van der Waals surface area contributed by atoms with Gasteiger partial charge in [0.2, 0.25) is 18.3 Å². The average molecular weight is 696 g/mol. The van der Waals surface area contributed by atoms with E-state index in [9.17, 15) is 32.4 Å². The lowest BCUT2D eigenvalue weighted by Crippen LogP contribution is -2.63. The summed E-state index contributed by atoms with van der Waals surface area (Å²) in [6, 6.07) is 12.9. The zero-order valence-corrected chi connectivity index (χ0v) is 27.8. The van der Waals surface area contributed by atoms with Gasteiger partial charge in [-0.05, 0) is 24.6 Å². The van der Waals surface area contributed by atoms with Crippen molar-refractivity contribution in [3.63, 3.8) is 0 Å². The minimum atomic E-state index is -4.88. The molecule has 1 heterocycles. The molecule has 0 radical (unpaired) electrons. The number of ether oxygens (including phenoxy) is 6. The van der Waals surface area contributed by atoms with E-state index >= 15 is 0 Å². The maximum absolute atomic E-state index is 13.3. The molecule has 1 amide bonds. The van der Waals surface area contributed by atoms with Gasteiger partial charge in [-0.25, -0.2) is 4.18 Å². The molecule has 2 aromatic rings. The number of rotatable bonds is 14. The molecule has 3 rings (SSSR count). The molecular formula is C31H37NO15S. The van der Waals surface area contributed by atoms with Crippen molar-refractivity contribution in [1.29, 1.82) is 0 Å². The van der Waals surface area contributed by atoms with Crippen molar-refractivity contribution in [2.75, 3.05) is 6.61 Å². The Hall–Kier alpha value is -4.74. The van der Waals surface area contributed by atoms with Gasteiger partial charge in [-0.3, -0.25) is 24.0 Å². The summed E-state index contributed by atoms with van der Waals surface area (Å²) in [6.07, 6.45) is -8.75. The van der Waals surface area contributed by atoms with Crippen molar-refractivity contribution in [3.05, 3.63) is 60.2 Å². The predicted molar refractivity (Wildman–Crippen MR) is 162 cm³/mol. The number of hydrogen-bond acceptors (Lipinski definition) is 15. The van der Waals surface area contributed by atoms with Crippen LogP contribution in [-0.2, 0) is 62.2 Å². The lowest BCUT2D eigenvalue weighted by atomic mass is 9.98. The van der Waals surface area contributed by atoms with Gasteiger partial charge in [-0.1, -0.05) is 42.5 Å². The third-order valence-electron chi connectivity index (χ3n) is 6.47. The van der Waals surface area contributed by atoms with Gasteiger partial charge in [0.15, 0.2) is 23.7 Å². The Labute approximate surface area is 277 Å². The van der Waals surface area contributed by atoms with Crippen molar-refractivity contribution < 1.29 is 69.2 Å². The Morgan fingerprint density at radius 3 is 1.85 bits per heavy atom. The summed E-state index contributed by atoms with van der Waals surface area (Å²) in [4.78, 5) is 59.6. The van der Waals surface area contributed by atoms with Crippen LogP contribution in [-0.4, -0.2) is 81.6 Å². The first-order chi connectivity index (χ1) is 22.6. The third kappa shape index (κ3) is 11.2. The predicted octanol–water partition coefficient (Wildman–Crippen LogP) is 2.05.